The molecule has 4 aromatic rings. The van der Waals surface area contributed by atoms with Crippen LogP contribution in [0.25, 0.3) is 21.9 Å². The lowest BCUT2D eigenvalue weighted by molar-refractivity contribution is -0.128. The van der Waals surface area contributed by atoms with Gasteiger partial charge in [0, 0.05) is 48.6 Å². The Kier molecular flexibility index (Phi) is 4.77. The van der Waals surface area contributed by atoms with E-state index in [4.69, 9.17) is 4.42 Å². The molecule has 0 spiro atoms. The maximum atomic E-state index is 13.5. The summed E-state index contributed by atoms with van der Waals surface area (Å²) in [6.07, 6.45) is 3.42. The molecule has 0 bridgehead atoms. The van der Waals surface area contributed by atoms with Crippen molar-refractivity contribution in [1.29, 1.82) is 0 Å². The smallest absolute Gasteiger partial charge is 0.387 e. The number of carbonyl (C=O) groups excluding carboxylic acids is 1. The first-order valence-electron chi connectivity index (χ1n) is 9.76. The summed E-state index contributed by atoms with van der Waals surface area (Å²) >= 11 is 0. The first kappa shape index (κ1) is 19.4. The van der Waals surface area contributed by atoms with Crippen LogP contribution in [-0.2, 0) is 11.3 Å². The van der Waals surface area contributed by atoms with Gasteiger partial charge in [-0.1, -0.05) is 18.2 Å². The van der Waals surface area contributed by atoms with Crippen molar-refractivity contribution in [1.82, 2.24) is 9.88 Å². The monoisotopic (exact) mass is 426 g/mol. The van der Waals surface area contributed by atoms with E-state index in [2.05, 4.69) is 9.72 Å². The molecule has 5 rings (SSSR count). The summed E-state index contributed by atoms with van der Waals surface area (Å²) in [5.74, 6) is -0.647. The predicted octanol–water partition coefficient (Wildman–Crippen LogP) is 5.24. The van der Waals surface area contributed by atoms with Crippen LogP contribution in [-0.4, -0.2) is 28.9 Å². The molecular formula is C23H17F3N2O3. The second-order valence-corrected chi connectivity index (χ2v) is 7.51. The number of hydrogen-bond donors (Lipinski definition) is 0. The number of benzene rings is 2. The van der Waals surface area contributed by atoms with E-state index >= 15 is 0 Å². The quantitative estimate of drug-likeness (QED) is 0.438. The molecule has 5 nitrogen and oxygen atoms in total. The number of pyridine rings is 1. The number of carbonyl (C=O) groups is 1. The summed E-state index contributed by atoms with van der Waals surface area (Å²) in [7, 11) is 0. The van der Waals surface area contributed by atoms with Crippen LogP contribution in [0, 0.1) is 5.82 Å². The summed E-state index contributed by atoms with van der Waals surface area (Å²) in [6.45, 7) is -2.27. The van der Waals surface area contributed by atoms with E-state index in [0.717, 1.165) is 5.56 Å². The fourth-order valence-corrected chi connectivity index (χ4v) is 4.24. The summed E-state index contributed by atoms with van der Waals surface area (Å²) < 4.78 is 49.7. The lowest BCUT2D eigenvalue weighted by Gasteiger charge is -2.17. The van der Waals surface area contributed by atoms with Gasteiger partial charge in [0.2, 0.25) is 5.91 Å². The highest BCUT2D eigenvalue weighted by atomic mass is 19.3. The van der Waals surface area contributed by atoms with Crippen molar-refractivity contribution in [2.45, 2.75) is 25.5 Å². The van der Waals surface area contributed by atoms with Crippen LogP contribution in [0.5, 0.6) is 5.75 Å². The number of amides is 1. The molecule has 2 aromatic carbocycles. The number of fused-ring (bicyclic) bond motifs is 3. The third-order valence-electron chi connectivity index (χ3n) is 5.55. The van der Waals surface area contributed by atoms with Crippen LogP contribution in [0.4, 0.5) is 13.2 Å². The maximum Gasteiger partial charge on any atom is 0.387 e. The Morgan fingerprint density at radius 2 is 2.10 bits per heavy atom. The SMILES string of the molecule is O=C1CC(c2ccc(OC(F)F)c3oc4ccncc4c23)CN1Cc1cccc(F)c1. The number of likely N-dealkylation sites (tertiary alicyclic amines) is 1. The van der Waals surface area contributed by atoms with Crippen molar-refractivity contribution in [3.05, 3.63) is 71.8 Å². The third kappa shape index (κ3) is 3.58. The molecule has 1 atom stereocenters. The van der Waals surface area contributed by atoms with Crippen molar-refractivity contribution in [3.63, 3.8) is 0 Å². The van der Waals surface area contributed by atoms with Gasteiger partial charge in [0.05, 0.1) is 0 Å². The molecule has 1 amide bonds. The van der Waals surface area contributed by atoms with E-state index in [1.807, 2.05) is 0 Å². The molecule has 0 radical (unpaired) electrons. The van der Waals surface area contributed by atoms with Crippen LogP contribution in [0.3, 0.4) is 0 Å². The minimum absolute atomic E-state index is 0.0544. The van der Waals surface area contributed by atoms with Crippen LogP contribution in [0.15, 0.2) is 59.3 Å². The van der Waals surface area contributed by atoms with Gasteiger partial charge >= 0.3 is 6.61 Å². The third-order valence-corrected chi connectivity index (χ3v) is 5.55. The Morgan fingerprint density at radius 1 is 1.23 bits per heavy atom. The van der Waals surface area contributed by atoms with Gasteiger partial charge in [0.1, 0.15) is 11.4 Å². The Labute approximate surface area is 175 Å². The Hall–Kier alpha value is -3.55. The fourth-order valence-electron chi connectivity index (χ4n) is 4.24. The number of aromatic nitrogens is 1. The lowest BCUT2D eigenvalue weighted by Crippen LogP contribution is -2.24. The summed E-state index contributed by atoms with van der Waals surface area (Å²) in [5, 5.41) is 1.29. The summed E-state index contributed by atoms with van der Waals surface area (Å²) in [5.41, 5.74) is 2.21. The zero-order valence-electron chi connectivity index (χ0n) is 16.2. The van der Waals surface area contributed by atoms with Crippen LogP contribution in [0.2, 0.25) is 0 Å². The van der Waals surface area contributed by atoms with E-state index in [-0.39, 0.29) is 35.4 Å². The highest BCUT2D eigenvalue weighted by Crippen LogP contribution is 2.42. The summed E-state index contributed by atoms with van der Waals surface area (Å²) in [6, 6.07) is 10.9. The van der Waals surface area contributed by atoms with Gasteiger partial charge < -0.3 is 14.1 Å². The van der Waals surface area contributed by atoms with Crippen molar-refractivity contribution in [2.75, 3.05) is 6.54 Å². The molecule has 0 aliphatic carbocycles. The minimum Gasteiger partial charge on any atom is -0.452 e. The molecule has 8 heteroatoms. The van der Waals surface area contributed by atoms with Crippen molar-refractivity contribution >= 4 is 27.8 Å². The van der Waals surface area contributed by atoms with Crippen LogP contribution in [0.1, 0.15) is 23.5 Å². The number of ether oxygens (including phenoxy) is 1. The van der Waals surface area contributed by atoms with Crippen molar-refractivity contribution in [3.8, 4) is 5.75 Å². The first-order valence-corrected chi connectivity index (χ1v) is 9.76. The van der Waals surface area contributed by atoms with Gasteiger partial charge in [-0.05, 0) is 35.4 Å². The molecule has 158 valence electrons. The fraction of sp³-hybridized carbons (Fsp3) is 0.217. The molecular weight excluding hydrogens is 409 g/mol. The highest BCUT2D eigenvalue weighted by molar-refractivity contribution is 6.08. The van der Waals surface area contributed by atoms with Gasteiger partial charge in [0.25, 0.3) is 0 Å². The lowest BCUT2D eigenvalue weighted by atomic mass is 9.93. The van der Waals surface area contributed by atoms with E-state index in [1.54, 1.807) is 41.6 Å². The highest BCUT2D eigenvalue weighted by Gasteiger charge is 2.33. The number of nitrogens with zero attached hydrogens (tertiary/aromatic N) is 2. The van der Waals surface area contributed by atoms with Gasteiger partial charge in [-0.15, -0.1) is 0 Å². The molecule has 31 heavy (non-hydrogen) atoms. The first-order chi connectivity index (χ1) is 15.0. The normalized spacial score (nSPS) is 16.7. The minimum atomic E-state index is -2.99. The molecule has 2 aromatic heterocycles. The zero-order chi connectivity index (χ0) is 21.5. The Balaban J connectivity index is 1.53. The molecule has 1 unspecified atom stereocenters. The topological polar surface area (TPSA) is 55.6 Å². The molecule has 3 heterocycles. The molecule has 0 N–H and O–H groups in total. The predicted molar refractivity (Wildman–Crippen MR) is 107 cm³/mol. The van der Waals surface area contributed by atoms with E-state index < -0.39 is 6.61 Å². The average molecular weight is 426 g/mol. The number of furan rings is 1. The van der Waals surface area contributed by atoms with Crippen molar-refractivity contribution in [2.24, 2.45) is 0 Å². The molecule has 1 fully saturated rings. The molecule has 1 aliphatic rings. The van der Waals surface area contributed by atoms with Gasteiger partial charge in [-0.2, -0.15) is 8.78 Å². The Morgan fingerprint density at radius 3 is 2.90 bits per heavy atom. The standard InChI is InChI=1S/C23H17F3N2O3/c24-15-3-1-2-13(8-15)11-28-12-14(9-20(28)29)16-4-5-19(31-23(25)26)22-21(16)17-10-27-7-6-18(17)30-22/h1-8,10,14,23H,9,11-12H2. The number of halogens is 3. The zero-order valence-corrected chi connectivity index (χ0v) is 16.2. The number of hydrogen-bond acceptors (Lipinski definition) is 4. The Bertz CT molecular complexity index is 1290. The van der Waals surface area contributed by atoms with Crippen molar-refractivity contribution < 1.29 is 27.1 Å². The molecule has 0 saturated carbocycles. The molecule has 1 saturated heterocycles. The maximum absolute atomic E-state index is 13.5. The second kappa shape index (κ2) is 7.61. The van der Waals surface area contributed by atoms with E-state index in [0.29, 0.717) is 35.0 Å². The average Bonchev–Trinajstić information content (AvgIpc) is 3.29. The van der Waals surface area contributed by atoms with E-state index in [1.165, 1.54) is 18.2 Å². The molecule has 1 aliphatic heterocycles. The summed E-state index contributed by atoms with van der Waals surface area (Å²) in [4.78, 5) is 18.5. The number of rotatable bonds is 5. The van der Waals surface area contributed by atoms with Gasteiger partial charge in [-0.25, -0.2) is 4.39 Å². The largest absolute Gasteiger partial charge is 0.452 e. The van der Waals surface area contributed by atoms with E-state index in [9.17, 15) is 18.0 Å². The van der Waals surface area contributed by atoms with Gasteiger partial charge in [0.15, 0.2) is 11.3 Å². The van der Waals surface area contributed by atoms with Crippen LogP contribution < -0.4 is 4.74 Å². The number of alkyl halides is 2. The second-order valence-electron chi connectivity index (χ2n) is 7.51. The van der Waals surface area contributed by atoms with Crippen LogP contribution >= 0.6 is 0 Å². The van der Waals surface area contributed by atoms with Gasteiger partial charge in [-0.3, -0.25) is 9.78 Å².